The molecule has 186 valence electrons. The second-order valence-electron chi connectivity index (χ2n) is 10.1. The van der Waals surface area contributed by atoms with Gasteiger partial charge in [-0.15, -0.1) is 10.2 Å². The van der Waals surface area contributed by atoms with Gasteiger partial charge >= 0.3 is 0 Å². The maximum atomic E-state index is 4.80. The maximum absolute atomic E-state index is 4.80. The lowest BCUT2D eigenvalue weighted by atomic mass is 9.97. The van der Waals surface area contributed by atoms with E-state index in [0.717, 1.165) is 30.1 Å². The van der Waals surface area contributed by atoms with Crippen LogP contribution in [0.2, 0.25) is 0 Å². The summed E-state index contributed by atoms with van der Waals surface area (Å²) >= 11 is 0. The van der Waals surface area contributed by atoms with Gasteiger partial charge in [0.1, 0.15) is 5.82 Å². The number of hydrogen-bond acceptors (Lipinski definition) is 2. The lowest BCUT2D eigenvalue weighted by Crippen LogP contribution is -2.10. The summed E-state index contributed by atoms with van der Waals surface area (Å²) in [6, 6.07) is 32.4. The van der Waals surface area contributed by atoms with E-state index in [1.54, 1.807) is 0 Å². The van der Waals surface area contributed by atoms with Crippen molar-refractivity contribution in [1.29, 1.82) is 0 Å². The number of aromatic nitrogens is 3. The largest absolute Gasteiger partial charge is 0.278 e. The van der Waals surface area contributed by atoms with Crippen LogP contribution in [0.15, 0.2) is 91.0 Å². The van der Waals surface area contributed by atoms with Gasteiger partial charge in [0.15, 0.2) is 5.82 Å². The first-order chi connectivity index (χ1) is 18.0. The molecule has 0 aliphatic heterocycles. The Balaban J connectivity index is 1.69. The van der Waals surface area contributed by atoms with Crippen LogP contribution in [0.25, 0.3) is 39.3 Å². The van der Waals surface area contributed by atoms with Gasteiger partial charge in [-0.1, -0.05) is 93.1 Å². The minimum Gasteiger partial charge on any atom is -0.278 e. The highest BCUT2D eigenvalue weighted by molar-refractivity contribution is 5.74. The van der Waals surface area contributed by atoms with Crippen LogP contribution in [0.3, 0.4) is 0 Å². The van der Waals surface area contributed by atoms with Crippen molar-refractivity contribution in [3.63, 3.8) is 0 Å². The predicted octanol–water partition coefficient (Wildman–Crippen LogP) is 9.10. The molecule has 3 heteroatoms. The first-order valence-electron chi connectivity index (χ1n) is 13.3. The molecule has 0 amide bonds. The van der Waals surface area contributed by atoms with Crippen molar-refractivity contribution in [2.24, 2.45) is 0 Å². The normalized spacial score (nSPS) is 12.0. The summed E-state index contributed by atoms with van der Waals surface area (Å²) in [5, 5.41) is 9.58. The second-order valence-corrected chi connectivity index (χ2v) is 10.1. The van der Waals surface area contributed by atoms with Crippen LogP contribution in [0.1, 0.15) is 55.1 Å². The third kappa shape index (κ3) is 4.86. The first kappa shape index (κ1) is 24.7. The predicted molar refractivity (Wildman–Crippen MR) is 155 cm³/mol. The molecule has 0 spiro atoms. The molecule has 5 rings (SSSR count). The SMILES string of the molecule is CCCC(C)c1nnc(-c2cccc(-c3ccccc3C)c2)n1-c1c(C)cc(-c2ccccc2)cc1C. The standard InChI is InChI=1S/C34H35N3/c1-6-13-24(3)33-35-36-34(29-18-12-17-28(22-29)31-19-11-10-14-23(31)2)37(33)32-25(4)20-30(21-26(32)5)27-15-8-7-9-16-27/h7-12,14-22,24H,6,13H2,1-5H3. The zero-order chi connectivity index (χ0) is 25.9. The van der Waals surface area contributed by atoms with Gasteiger partial charge < -0.3 is 0 Å². The molecule has 0 aliphatic rings. The summed E-state index contributed by atoms with van der Waals surface area (Å²) in [6.45, 7) is 11.1. The van der Waals surface area contributed by atoms with Crippen LogP contribution in [-0.2, 0) is 0 Å². The summed E-state index contributed by atoms with van der Waals surface area (Å²) in [4.78, 5) is 0. The molecule has 1 unspecified atom stereocenters. The molecule has 5 aromatic rings. The van der Waals surface area contributed by atoms with Crippen molar-refractivity contribution < 1.29 is 0 Å². The summed E-state index contributed by atoms with van der Waals surface area (Å²) in [6.07, 6.45) is 2.18. The summed E-state index contributed by atoms with van der Waals surface area (Å²) in [5.74, 6) is 2.22. The fraction of sp³-hybridized carbons (Fsp3) is 0.235. The zero-order valence-corrected chi connectivity index (χ0v) is 22.5. The topological polar surface area (TPSA) is 30.7 Å². The van der Waals surface area contributed by atoms with Crippen molar-refractivity contribution in [2.45, 2.75) is 53.4 Å². The Labute approximate surface area is 220 Å². The first-order valence-corrected chi connectivity index (χ1v) is 13.3. The van der Waals surface area contributed by atoms with E-state index in [2.05, 4.69) is 130 Å². The van der Waals surface area contributed by atoms with E-state index < -0.39 is 0 Å². The molecule has 0 N–H and O–H groups in total. The van der Waals surface area contributed by atoms with E-state index >= 15 is 0 Å². The quantitative estimate of drug-likeness (QED) is 0.230. The Hall–Kier alpha value is -3.98. The molecule has 1 aromatic heterocycles. The van der Waals surface area contributed by atoms with Crippen molar-refractivity contribution >= 4 is 0 Å². The molecule has 0 saturated carbocycles. The van der Waals surface area contributed by atoms with Gasteiger partial charge in [-0.2, -0.15) is 0 Å². The van der Waals surface area contributed by atoms with E-state index in [4.69, 9.17) is 10.2 Å². The molecule has 0 aliphatic carbocycles. The fourth-order valence-corrected chi connectivity index (χ4v) is 5.41. The minimum atomic E-state index is 0.304. The van der Waals surface area contributed by atoms with Gasteiger partial charge in [-0.3, -0.25) is 4.57 Å². The molecule has 0 saturated heterocycles. The molecule has 4 aromatic carbocycles. The monoisotopic (exact) mass is 485 g/mol. The lowest BCUT2D eigenvalue weighted by Gasteiger charge is -2.20. The Bertz CT molecular complexity index is 1510. The summed E-state index contributed by atoms with van der Waals surface area (Å²) in [5.41, 5.74) is 10.9. The third-order valence-corrected chi connectivity index (χ3v) is 7.25. The van der Waals surface area contributed by atoms with Crippen LogP contribution in [-0.4, -0.2) is 14.8 Å². The van der Waals surface area contributed by atoms with E-state index in [9.17, 15) is 0 Å². The molecule has 0 fully saturated rings. The number of aryl methyl sites for hydroxylation is 3. The van der Waals surface area contributed by atoms with E-state index in [1.165, 1.54) is 44.6 Å². The van der Waals surface area contributed by atoms with Crippen molar-refractivity contribution in [3.8, 4) is 39.3 Å². The summed E-state index contributed by atoms with van der Waals surface area (Å²) < 4.78 is 2.32. The highest BCUT2D eigenvalue weighted by Gasteiger charge is 2.23. The molecular formula is C34H35N3. The molecule has 0 bridgehead atoms. The van der Waals surface area contributed by atoms with Gasteiger partial charge in [0.05, 0.1) is 5.69 Å². The van der Waals surface area contributed by atoms with Gasteiger partial charge in [-0.25, -0.2) is 0 Å². The van der Waals surface area contributed by atoms with Crippen LogP contribution in [0.5, 0.6) is 0 Å². The average Bonchev–Trinajstić information content (AvgIpc) is 3.34. The Morgan fingerprint density at radius 1 is 0.649 bits per heavy atom. The molecule has 3 nitrogen and oxygen atoms in total. The van der Waals surface area contributed by atoms with Crippen LogP contribution in [0.4, 0.5) is 0 Å². The molecular weight excluding hydrogens is 450 g/mol. The second kappa shape index (κ2) is 10.6. The molecule has 0 radical (unpaired) electrons. The van der Waals surface area contributed by atoms with Gasteiger partial charge in [0.2, 0.25) is 0 Å². The zero-order valence-electron chi connectivity index (χ0n) is 22.5. The summed E-state index contributed by atoms with van der Waals surface area (Å²) in [7, 11) is 0. The minimum absolute atomic E-state index is 0.304. The van der Waals surface area contributed by atoms with Crippen molar-refractivity contribution in [1.82, 2.24) is 14.8 Å². The third-order valence-electron chi connectivity index (χ3n) is 7.25. The van der Waals surface area contributed by atoms with Crippen LogP contribution in [0, 0.1) is 20.8 Å². The van der Waals surface area contributed by atoms with E-state index in [-0.39, 0.29) is 0 Å². The Morgan fingerprint density at radius 3 is 2.00 bits per heavy atom. The molecule has 37 heavy (non-hydrogen) atoms. The Morgan fingerprint density at radius 2 is 1.30 bits per heavy atom. The average molecular weight is 486 g/mol. The van der Waals surface area contributed by atoms with Crippen LogP contribution >= 0.6 is 0 Å². The fourth-order valence-electron chi connectivity index (χ4n) is 5.41. The number of rotatable bonds is 7. The number of nitrogens with zero attached hydrogens (tertiary/aromatic N) is 3. The van der Waals surface area contributed by atoms with Crippen LogP contribution < -0.4 is 0 Å². The highest BCUT2D eigenvalue weighted by atomic mass is 15.3. The smallest absolute Gasteiger partial charge is 0.168 e. The Kier molecular flexibility index (Phi) is 7.05. The number of benzene rings is 4. The lowest BCUT2D eigenvalue weighted by molar-refractivity contribution is 0.614. The van der Waals surface area contributed by atoms with Crippen molar-refractivity contribution in [2.75, 3.05) is 0 Å². The van der Waals surface area contributed by atoms with E-state index in [1.807, 2.05) is 0 Å². The van der Waals surface area contributed by atoms with Crippen molar-refractivity contribution in [3.05, 3.63) is 114 Å². The molecule has 1 heterocycles. The van der Waals surface area contributed by atoms with Gasteiger partial charge in [-0.05, 0) is 84.3 Å². The van der Waals surface area contributed by atoms with Gasteiger partial charge in [0.25, 0.3) is 0 Å². The maximum Gasteiger partial charge on any atom is 0.168 e. The number of hydrogen-bond donors (Lipinski definition) is 0. The highest BCUT2D eigenvalue weighted by Crippen LogP contribution is 2.35. The molecule has 1 atom stereocenters. The van der Waals surface area contributed by atoms with Gasteiger partial charge in [0, 0.05) is 11.5 Å². The van der Waals surface area contributed by atoms with E-state index in [0.29, 0.717) is 5.92 Å².